The maximum Gasteiger partial charge on any atom is 0.276 e. The predicted octanol–water partition coefficient (Wildman–Crippen LogP) is 2.20. The van der Waals surface area contributed by atoms with Gasteiger partial charge in [0.25, 0.3) is 5.91 Å². The minimum atomic E-state index is -0.0559. The zero-order chi connectivity index (χ0) is 13.8. The summed E-state index contributed by atoms with van der Waals surface area (Å²) in [4.78, 5) is 14.2. The number of hydrogen-bond donors (Lipinski definition) is 1. The lowest BCUT2D eigenvalue weighted by Gasteiger charge is -2.17. The fraction of sp³-hybridized carbons (Fsp3) is 0.333. The van der Waals surface area contributed by atoms with Gasteiger partial charge in [0.05, 0.1) is 0 Å². The van der Waals surface area contributed by atoms with Crippen LogP contribution in [-0.4, -0.2) is 42.1 Å². The van der Waals surface area contributed by atoms with E-state index in [1.54, 1.807) is 6.07 Å². The fourth-order valence-corrected chi connectivity index (χ4v) is 2.33. The number of benzene rings is 1. The molecule has 0 saturated carbocycles. The van der Waals surface area contributed by atoms with Crippen LogP contribution in [0.3, 0.4) is 0 Å². The van der Waals surface area contributed by atoms with Crippen molar-refractivity contribution >= 4 is 18.3 Å². The Balaban J connectivity index is 0.00000161. The van der Waals surface area contributed by atoms with Gasteiger partial charge < -0.3 is 14.7 Å². The van der Waals surface area contributed by atoms with Crippen LogP contribution in [0.15, 0.2) is 40.9 Å². The van der Waals surface area contributed by atoms with Gasteiger partial charge in [-0.1, -0.05) is 35.5 Å². The monoisotopic (exact) mass is 307 g/mol. The second-order valence-electron chi connectivity index (χ2n) is 4.84. The molecule has 1 aromatic carbocycles. The Morgan fingerprint density at radius 2 is 2.00 bits per heavy atom. The van der Waals surface area contributed by atoms with Crippen LogP contribution < -0.4 is 5.32 Å². The van der Waals surface area contributed by atoms with E-state index in [0.29, 0.717) is 18.0 Å². The zero-order valence-electron chi connectivity index (χ0n) is 11.6. The number of rotatable bonds is 2. The van der Waals surface area contributed by atoms with E-state index < -0.39 is 0 Å². The number of carbonyl (C=O) groups is 1. The SMILES string of the molecule is Cl.O=C(c1cc(-c2ccccc2)on1)N1CCCNCC1. The molecule has 3 rings (SSSR count). The van der Waals surface area contributed by atoms with Gasteiger partial charge in [-0.25, -0.2) is 0 Å². The van der Waals surface area contributed by atoms with Crippen LogP contribution in [0.25, 0.3) is 11.3 Å². The van der Waals surface area contributed by atoms with E-state index in [9.17, 15) is 4.79 Å². The molecule has 1 aliphatic heterocycles. The lowest BCUT2D eigenvalue weighted by molar-refractivity contribution is 0.0756. The van der Waals surface area contributed by atoms with Gasteiger partial charge in [0.1, 0.15) is 0 Å². The van der Waals surface area contributed by atoms with E-state index in [4.69, 9.17) is 4.52 Å². The summed E-state index contributed by atoms with van der Waals surface area (Å²) in [6, 6.07) is 11.4. The average molecular weight is 308 g/mol. The molecule has 5 nitrogen and oxygen atoms in total. The Labute approximate surface area is 129 Å². The highest BCUT2D eigenvalue weighted by Crippen LogP contribution is 2.20. The molecule has 1 amide bonds. The Morgan fingerprint density at radius 3 is 2.81 bits per heavy atom. The molecule has 0 bridgehead atoms. The molecule has 1 aromatic heterocycles. The number of aromatic nitrogens is 1. The van der Waals surface area contributed by atoms with E-state index >= 15 is 0 Å². The molecule has 2 heterocycles. The van der Waals surface area contributed by atoms with Crippen molar-refractivity contribution in [3.63, 3.8) is 0 Å². The molecule has 0 atom stereocenters. The smallest absolute Gasteiger partial charge is 0.276 e. The largest absolute Gasteiger partial charge is 0.355 e. The summed E-state index contributed by atoms with van der Waals surface area (Å²) in [5.74, 6) is 0.571. The third kappa shape index (κ3) is 3.62. The van der Waals surface area contributed by atoms with Crippen LogP contribution in [0.2, 0.25) is 0 Å². The molecule has 6 heteroatoms. The first-order valence-corrected chi connectivity index (χ1v) is 6.87. The van der Waals surface area contributed by atoms with Gasteiger partial charge >= 0.3 is 0 Å². The van der Waals surface area contributed by atoms with Gasteiger partial charge in [-0.15, -0.1) is 12.4 Å². The van der Waals surface area contributed by atoms with Crippen LogP contribution in [0, 0.1) is 0 Å². The Bertz CT molecular complexity index is 578. The van der Waals surface area contributed by atoms with E-state index in [0.717, 1.165) is 31.6 Å². The van der Waals surface area contributed by atoms with Crippen molar-refractivity contribution in [2.45, 2.75) is 6.42 Å². The van der Waals surface area contributed by atoms with Crippen LogP contribution in [0.5, 0.6) is 0 Å². The molecule has 2 aromatic rings. The maximum atomic E-state index is 12.4. The summed E-state index contributed by atoms with van der Waals surface area (Å²) in [5, 5.41) is 7.19. The summed E-state index contributed by atoms with van der Waals surface area (Å²) in [5.41, 5.74) is 1.31. The molecule has 1 fully saturated rings. The van der Waals surface area contributed by atoms with Crippen LogP contribution in [0.4, 0.5) is 0 Å². The lowest BCUT2D eigenvalue weighted by Crippen LogP contribution is -2.34. The summed E-state index contributed by atoms with van der Waals surface area (Å²) in [7, 11) is 0. The Kier molecular flexibility index (Phi) is 5.36. The summed E-state index contributed by atoms with van der Waals surface area (Å²) in [6.45, 7) is 3.26. The zero-order valence-corrected chi connectivity index (χ0v) is 12.4. The van der Waals surface area contributed by atoms with Crippen LogP contribution in [-0.2, 0) is 0 Å². The van der Waals surface area contributed by atoms with Crippen molar-refractivity contribution in [3.8, 4) is 11.3 Å². The number of halogens is 1. The highest BCUT2D eigenvalue weighted by molar-refractivity contribution is 5.93. The number of nitrogens with zero attached hydrogens (tertiary/aromatic N) is 2. The molecule has 0 spiro atoms. The van der Waals surface area contributed by atoms with E-state index in [1.807, 2.05) is 35.2 Å². The minimum absolute atomic E-state index is 0. The summed E-state index contributed by atoms with van der Waals surface area (Å²) < 4.78 is 5.28. The molecule has 112 valence electrons. The fourth-order valence-electron chi connectivity index (χ4n) is 2.33. The number of hydrogen-bond acceptors (Lipinski definition) is 4. The topological polar surface area (TPSA) is 58.4 Å². The van der Waals surface area contributed by atoms with Crippen molar-refractivity contribution in [1.29, 1.82) is 0 Å². The second kappa shape index (κ2) is 7.24. The minimum Gasteiger partial charge on any atom is -0.355 e. The molecule has 0 unspecified atom stereocenters. The van der Waals surface area contributed by atoms with Gasteiger partial charge in [0.15, 0.2) is 11.5 Å². The van der Waals surface area contributed by atoms with Crippen molar-refractivity contribution < 1.29 is 9.32 Å². The number of carbonyl (C=O) groups excluding carboxylic acids is 1. The Morgan fingerprint density at radius 1 is 1.19 bits per heavy atom. The van der Waals surface area contributed by atoms with Gasteiger partial charge in [-0.3, -0.25) is 4.79 Å². The first-order valence-electron chi connectivity index (χ1n) is 6.87. The molecule has 1 saturated heterocycles. The Hall–Kier alpha value is -1.85. The maximum absolute atomic E-state index is 12.4. The summed E-state index contributed by atoms with van der Waals surface area (Å²) >= 11 is 0. The van der Waals surface area contributed by atoms with Gasteiger partial charge in [-0.05, 0) is 13.0 Å². The van der Waals surface area contributed by atoms with Crippen molar-refractivity contribution in [2.75, 3.05) is 26.2 Å². The van der Waals surface area contributed by atoms with Crippen molar-refractivity contribution in [3.05, 3.63) is 42.1 Å². The van der Waals surface area contributed by atoms with Gasteiger partial charge in [-0.2, -0.15) is 0 Å². The first-order chi connectivity index (χ1) is 9.84. The van der Waals surface area contributed by atoms with Crippen LogP contribution >= 0.6 is 12.4 Å². The first kappa shape index (κ1) is 15.5. The van der Waals surface area contributed by atoms with E-state index in [2.05, 4.69) is 10.5 Å². The second-order valence-corrected chi connectivity index (χ2v) is 4.84. The molecule has 0 aliphatic carbocycles. The molecule has 0 radical (unpaired) electrons. The standard InChI is InChI=1S/C15H17N3O2.ClH/c19-15(18-9-4-7-16-8-10-18)13-11-14(20-17-13)12-5-2-1-3-6-12;/h1-3,5-6,11,16H,4,7-10H2;1H. The highest BCUT2D eigenvalue weighted by Gasteiger charge is 2.21. The predicted molar refractivity (Wildman–Crippen MR) is 82.6 cm³/mol. The lowest BCUT2D eigenvalue weighted by atomic mass is 10.1. The van der Waals surface area contributed by atoms with Crippen molar-refractivity contribution in [2.24, 2.45) is 0 Å². The third-order valence-corrected chi connectivity index (χ3v) is 3.41. The van der Waals surface area contributed by atoms with Gasteiger partial charge in [0.2, 0.25) is 0 Å². The normalized spacial score (nSPS) is 15.1. The van der Waals surface area contributed by atoms with E-state index in [-0.39, 0.29) is 18.3 Å². The van der Waals surface area contributed by atoms with Crippen molar-refractivity contribution in [1.82, 2.24) is 15.4 Å². The third-order valence-electron chi connectivity index (χ3n) is 3.41. The summed E-state index contributed by atoms with van der Waals surface area (Å²) in [6.07, 6.45) is 0.967. The van der Waals surface area contributed by atoms with Crippen LogP contribution in [0.1, 0.15) is 16.9 Å². The molecular weight excluding hydrogens is 290 g/mol. The average Bonchev–Trinajstić information content (AvgIpc) is 2.83. The van der Waals surface area contributed by atoms with E-state index in [1.165, 1.54) is 0 Å². The highest BCUT2D eigenvalue weighted by atomic mass is 35.5. The number of nitrogens with one attached hydrogen (secondary N) is 1. The quantitative estimate of drug-likeness (QED) is 0.924. The molecule has 1 N–H and O–H groups in total. The van der Waals surface area contributed by atoms with Gasteiger partial charge in [0, 0.05) is 31.3 Å². The molecule has 1 aliphatic rings. The molecule has 21 heavy (non-hydrogen) atoms. The number of amides is 1. The molecular formula is C15H18ClN3O2.